The second-order valence-electron chi connectivity index (χ2n) is 3.72. The largest absolute Gasteiger partial charge is 0.311 e. The van der Waals surface area contributed by atoms with Gasteiger partial charge in [0.15, 0.2) is 5.82 Å². The van der Waals surface area contributed by atoms with Gasteiger partial charge in [0, 0.05) is 10.6 Å². The molecule has 1 atom stereocenters. The van der Waals surface area contributed by atoms with Crippen molar-refractivity contribution in [2.24, 2.45) is 0 Å². The molecule has 4 nitrogen and oxygen atoms in total. The summed E-state index contributed by atoms with van der Waals surface area (Å²) in [4.78, 5) is 4.46. The van der Waals surface area contributed by atoms with E-state index in [2.05, 4.69) is 20.5 Å². The number of nitrogens with one attached hydrogen (secondary N) is 1. The van der Waals surface area contributed by atoms with Crippen LogP contribution in [-0.4, -0.2) is 22.2 Å². The minimum atomic E-state index is 0.0710. The third kappa shape index (κ3) is 2.78. The maximum Gasteiger partial charge on any atom is 0.168 e. The molecule has 17 heavy (non-hydrogen) atoms. The van der Waals surface area contributed by atoms with Gasteiger partial charge in [0.25, 0.3) is 0 Å². The lowest BCUT2D eigenvalue weighted by Crippen LogP contribution is -2.16. The lowest BCUT2D eigenvalue weighted by molar-refractivity contribution is 0.598. The highest BCUT2D eigenvalue weighted by atomic mass is 35.5. The fourth-order valence-corrected chi connectivity index (χ4v) is 1.61. The van der Waals surface area contributed by atoms with Crippen molar-refractivity contribution in [1.29, 1.82) is 0 Å². The van der Waals surface area contributed by atoms with Crippen LogP contribution >= 0.6 is 11.6 Å². The van der Waals surface area contributed by atoms with Crippen LogP contribution in [0, 0.1) is 0 Å². The molecule has 2 rings (SSSR count). The molecule has 1 unspecified atom stereocenters. The van der Waals surface area contributed by atoms with Crippen LogP contribution in [-0.2, 0) is 0 Å². The van der Waals surface area contributed by atoms with E-state index in [1.165, 1.54) is 0 Å². The van der Waals surface area contributed by atoms with Crippen molar-refractivity contribution in [3.8, 4) is 11.3 Å². The highest BCUT2D eigenvalue weighted by Gasteiger charge is 2.08. The van der Waals surface area contributed by atoms with Crippen LogP contribution in [0.2, 0.25) is 5.02 Å². The SMILES string of the molecule is CNC(C)c1nncc(-c2cccc(Cl)c2)n1. The Balaban J connectivity index is 2.39. The summed E-state index contributed by atoms with van der Waals surface area (Å²) in [6.07, 6.45) is 1.64. The molecule has 0 spiro atoms. The molecular formula is C12H13ClN4. The summed E-state index contributed by atoms with van der Waals surface area (Å²) in [6, 6.07) is 7.60. The van der Waals surface area contributed by atoms with Gasteiger partial charge < -0.3 is 5.32 Å². The van der Waals surface area contributed by atoms with Gasteiger partial charge in [-0.1, -0.05) is 23.7 Å². The lowest BCUT2D eigenvalue weighted by atomic mass is 10.1. The molecule has 2 aromatic rings. The predicted octanol–water partition coefficient (Wildman–Crippen LogP) is 2.47. The monoisotopic (exact) mass is 248 g/mol. The molecule has 1 aromatic heterocycles. The molecule has 0 saturated heterocycles. The molecule has 5 heteroatoms. The number of rotatable bonds is 3. The van der Waals surface area contributed by atoms with Crippen molar-refractivity contribution < 1.29 is 0 Å². The van der Waals surface area contributed by atoms with Crippen LogP contribution in [0.1, 0.15) is 18.8 Å². The first-order valence-corrected chi connectivity index (χ1v) is 5.71. The van der Waals surface area contributed by atoms with Crippen molar-refractivity contribution in [3.63, 3.8) is 0 Å². The van der Waals surface area contributed by atoms with Crippen LogP contribution in [0.15, 0.2) is 30.5 Å². The first-order valence-electron chi connectivity index (χ1n) is 5.33. The number of halogens is 1. The van der Waals surface area contributed by atoms with Crippen LogP contribution in [0.4, 0.5) is 0 Å². The van der Waals surface area contributed by atoms with Crippen molar-refractivity contribution in [3.05, 3.63) is 41.3 Å². The maximum absolute atomic E-state index is 5.95. The van der Waals surface area contributed by atoms with Gasteiger partial charge in [-0.2, -0.15) is 5.10 Å². The zero-order valence-electron chi connectivity index (χ0n) is 9.68. The average Bonchev–Trinajstić information content (AvgIpc) is 2.38. The summed E-state index contributed by atoms with van der Waals surface area (Å²) < 4.78 is 0. The van der Waals surface area contributed by atoms with Crippen molar-refractivity contribution in [2.75, 3.05) is 7.05 Å². The zero-order valence-corrected chi connectivity index (χ0v) is 10.4. The topological polar surface area (TPSA) is 50.7 Å². The number of hydrogen-bond donors (Lipinski definition) is 1. The van der Waals surface area contributed by atoms with Gasteiger partial charge in [-0.25, -0.2) is 4.98 Å². The Morgan fingerprint density at radius 3 is 2.88 bits per heavy atom. The molecule has 0 radical (unpaired) electrons. The predicted molar refractivity (Wildman–Crippen MR) is 67.7 cm³/mol. The summed E-state index contributed by atoms with van der Waals surface area (Å²) >= 11 is 5.95. The molecule has 1 aromatic carbocycles. The van der Waals surface area contributed by atoms with Crippen LogP contribution in [0.25, 0.3) is 11.3 Å². The molecule has 0 aliphatic carbocycles. The van der Waals surface area contributed by atoms with Crippen molar-refractivity contribution in [1.82, 2.24) is 20.5 Å². The Hall–Kier alpha value is -1.52. The van der Waals surface area contributed by atoms with Gasteiger partial charge in [0.1, 0.15) is 0 Å². The number of hydrogen-bond acceptors (Lipinski definition) is 4. The lowest BCUT2D eigenvalue weighted by Gasteiger charge is -2.08. The molecule has 0 fully saturated rings. The van der Waals surface area contributed by atoms with Crippen LogP contribution in [0.3, 0.4) is 0 Å². The maximum atomic E-state index is 5.95. The highest BCUT2D eigenvalue weighted by Crippen LogP contribution is 2.20. The average molecular weight is 249 g/mol. The van der Waals surface area contributed by atoms with E-state index in [9.17, 15) is 0 Å². The minimum Gasteiger partial charge on any atom is -0.311 e. The molecule has 0 amide bonds. The third-order valence-corrected chi connectivity index (χ3v) is 2.75. The minimum absolute atomic E-state index is 0.0710. The standard InChI is InChI=1S/C12H13ClN4/c1-8(14-2)12-16-11(7-15-17-12)9-4-3-5-10(13)6-9/h3-8,14H,1-2H3. The van der Waals surface area contributed by atoms with Gasteiger partial charge in [0.05, 0.1) is 17.9 Å². The Labute approximate surface area is 105 Å². The van der Waals surface area contributed by atoms with E-state index >= 15 is 0 Å². The van der Waals surface area contributed by atoms with Crippen molar-refractivity contribution in [2.45, 2.75) is 13.0 Å². The molecule has 1 heterocycles. The Morgan fingerprint density at radius 2 is 2.18 bits per heavy atom. The van der Waals surface area contributed by atoms with E-state index in [1.54, 1.807) is 6.20 Å². The summed E-state index contributed by atoms with van der Waals surface area (Å²) in [5.41, 5.74) is 1.72. The van der Waals surface area contributed by atoms with E-state index < -0.39 is 0 Å². The van der Waals surface area contributed by atoms with E-state index in [-0.39, 0.29) is 6.04 Å². The van der Waals surface area contributed by atoms with Gasteiger partial charge in [-0.05, 0) is 26.1 Å². The van der Waals surface area contributed by atoms with E-state index in [0.29, 0.717) is 10.8 Å². The first kappa shape index (κ1) is 12.0. The molecular weight excluding hydrogens is 236 g/mol. The smallest absolute Gasteiger partial charge is 0.168 e. The third-order valence-electron chi connectivity index (χ3n) is 2.52. The van der Waals surface area contributed by atoms with Gasteiger partial charge in [0.2, 0.25) is 0 Å². The Bertz CT molecular complexity index is 515. The van der Waals surface area contributed by atoms with Crippen LogP contribution in [0.5, 0.6) is 0 Å². The number of nitrogens with zero attached hydrogens (tertiary/aromatic N) is 3. The molecule has 88 valence electrons. The zero-order chi connectivity index (χ0) is 12.3. The molecule has 0 bridgehead atoms. The Kier molecular flexibility index (Phi) is 3.66. The fourth-order valence-electron chi connectivity index (χ4n) is 1.42. The summed E-state index contributed by atoms with van der Waals surface area (Å²) in [5.74, 6) is 0.671. The second-order valence-corrected chi connectivity index (χ2v) is 4.16. The molecule has 0 aliphatic rings. The quantitative estimate of drug-likeness (QED) is 0.907. The summed E-state index contributed by atoms with van der Waals surface area (Å²) in [5, 5.41) is 11.7. The number of benzene rings is 1. The first-order chi connectivity index (χ1) is 8.20. The summed E-state index contributed by atoms with van der Waals surface area (Å²) in [6.45, 7) is 1.98. The Morgan fingerprint density at radius 1 is 1.35 bits per heavy atom. The van der Waals surface area contributed by atoms with E-state index in [0.717, 1.165) is 11.3 Å². The van der Waals surface area contributed by atoms with Gasteiger partial charge in [-0.3, -0.25) is 0 Å². The molecule has 1 N–H and O–H groups in total. The number of aromatic nitrogens is 3. The van der Waals surface area contributed by atoms with Crippen LogP contribution < -0.4 is 5.32 Å². The highest BCUT2D eigenvalue weighted by molar-refractivity contribution is 6.30. The van der Waals surface area contributed by atoms with E-state index in [1.807, 2.05) is 38.2 Å². The summed E-state index contributed by atoms with van der Waals surface area (Å²) in [7, 11) is 1.86. The van der Waals surface area contributed by atoms with Gasteiger partial charge in [-0.15, -0.1) is 5.10 Å². The van der Waals surface area contributed by atoms with E-state index in [4.69, 9.17) is 11.6 Å². The molecule has 0 saturated carbocycles. The van der Waals surface area contributed by atoms with Gasteiger partial charge >= 0.3 is 0 Å². The second kappa shape index (κ2) is 5.21. The normalized spacial score (nSPS) is 12.4. The molecule has 0 aliphatic heterocycles. The fraction of sp³-hybridized carbons (Fsp3) is 0.250. The van der Waals surface area contributed by atoms with Crippen molar-refractivity contribution >= 4 is 11.6 Å².